The number of hydrogen-bond donors (Lipinski definition) is 1. The summed E-state index contributed by atoms with van der Waals surface area (Å²) in [7, 11) is 1.25. The molecule has 0 atom stereocenters. The van der Waals surface area contributed by atoms with Crippen molar-refractivity contribution in [1.29, 1.82) is 0 Å². The molecule has 20 heavy (non-hydrogen) atoms. The topological polar surface area (TPSA) is 91.3 Å². The minimum absolute atomic E-state index is 0.0812. The van der Waals surface area contributed by atoms with Gasteiger partial charge in [0.05, 0.1) is 7.11 Å². The van der Waals surface area contributed by atoms with E-state index in [1.807, 2.05) is 0 Å². The first-order chi connectivity index (χ1) is 9.60. The number of carbonyl (C=O) groups is 2. The number of carbonyl (C=O) groups excluding carboxylic acids is 1. The number of benzene rings is 1. The molecule has 7 heteroatoms. The SMILES string of the molecule is COC(=O)COc1cc2c(cc1C=CC(=O)O)OCO2. The van der Waals surface area contributed by atoms with Crippen molar-refractivity contribution in [3.8, 4) is 17.2 Å². The molecule has 0 bridgehead atoms. The zero-order chi connectivity index (χ0) is 14.5. The van der Waals surface area contributed by atoms with Crippen LogP contribution in [0.5, 0.6) is 17.2 Å². The minimum Gasteiger partial charge on any atom is -0.481 e. The van der Waals surface area contributed by atoms with Crippen molar-refractivity contribution in [3.05, 3.63) is 23.8 Å². The van der Waals surface area contributed by atoms with E-state index in [0.29, 0.717) is 22.8 Å². The molecule has 1 aromatic rings. The number of carboxylic acid groups (broad SMARTS) is 1. The highest BCUT2D eigenvalue weighted by Crippen LogP contribution is 2.38. The summed E-state index contributed by atoms with van der Waals surface area (Å²) in [5.74, 6) is -0.382. The van der Waals surface area contributed by atoms with E-state index in [4.69, 9.17) is 19.3 Å². The first-order valence-electron chi connectivity index (χ1n) is 5.64. The number of esters is 1. The standard InChI is InChI=1S/C13H12O7/c1-17-13(16)6-18-9-5-11-10(19-7-20-11)4-8(9)2-3-12(14)15/h2-5H,6-7H2,1H3,(H,14,15). The number of methoxy groups -OCH3 is 1. The van der Waals surface area contributed by atoms with Gasteiger partial charge in [-0.05, 0) is 12.1 Å². The maximum absolute atomic E-state index is 11.1. The van der Waals surface area contributed by atoms with Crippen molar-refractivity contribution in [2.24, 2.45) is 0 Å². The Labute approximate surface area is 114 Å². The third kappa shape index (κ3) is 3.19. The lowest BCUT2D eigenvalue weighted by atomic mass is 10.1. The molecule has 0 saturated carbocycles. The zero-order valence-electron chi connectivity index (χ0n) is 10.6. The molecule has 0 radical (unpaired) electrons. The Morgan fingerprint density at radius 3 is 2.70 bits per heavy atom. The summed E-state index contributed by atoms with van der Waals surface area (Å²) in [5, 5.41) is 8.66. The average Bonchev–Trinajstić information content (AvgIpc) is 2.88. The van der Waals surface area contributed by atoms with Gasteiger partial charge in [-0.3, -0.25) is 0 Å². The molecule has 1 heterocycles. The van der Waals surface area contributed by atoms with Crippen LogP contribution in [0, 0.1) is 0 Å². The average molecular weight is 280 g/mol. The monoisotopic (exact) mass is 280 g/mol. The van der Waals surface area contributed by atoms with Gasteiger partial charge in [0.1, 0.15) is 5.75 Å². The van der Waals surface area contributed by atoms with Crippen LogP contribution in [0.2, 0.25) is 0 Å². The number of carboxylic acids is 1. The van der Waals surface area contributed by atoms with E-state index in [1.165, 1.54) is 19.3 Å². The predicted octanol–water partition coefficient (Wildman–Crippen LogP) is 1.06. The molecule has 0 aromatic heterocycles. The lowest BCUT2D eigenvalue weighted by Crippen LogP contribution is -2.13. The highest BCUT2D eigenvalue weighted by molar-refractivity contribution is 5.86. The van der Waals surface area contributed by atoms with Crippen molar-refractivity contribution in [2.75, 3.05) is 20.5 Å². The molecule has 0 saturated heterocycles. The van der Waals surface area contributed by atoms with Crippen LogP contribution in [-0.4, -0.2) is 37.6 Å². The smallest absolute Gasteiger partial charge is 0.343 e. The number of fused-ring (bicyclic) bond motifs is 1. The summed E-state index contributed by atoms with van der Waals surface area (Å²) < 4.78 is 20.2. The molecule has 1 N–H and O–H groups in total. The van der Waals surface area contributed by atoms with Gasteiger partial charge in [0.25, 0.3) is 0 Å². The molecule has 1 aliphatic heterocycles. The number of ether oxygens (including phenoxy) is 4. The maximum atomic E-state index is 11.1. The van der Waals surface area contributed by atoms with E-state index < -0.39 is 11.9 Å². The molecular formula is C13H12O7. The van der Waals surface area contributed by atoms with Gasteiger partial charge >= 0.3 is 11.9 Å². The second-order valence-electron chi connectivity index (χ2n) is 3.78. The van der Waals surface area contributed by atoms with Crippen molar-refractivity contribution >= 4 is 18.0 Å². The van der Waals surface area contributed by atoms with Crippen molar-refractivity contribution in [1.82, 2.24) is 0 Å². The Balaban J connectivity index is 2.27. The summed E-state index contributed by atoms with van der Waals surface area (Å²) in [6, 6.07) is 3.11. The highest BCUT2D eigenvalue weighted by atomic mass is 16.7. The zero-order valence-corrected chi connectivity index (χ0v) is 10.6. The van der Waals surface area contributed by atoms with Gasteiger partial charge in [-0.1, -0.05) is 0 Å². The largest absolute Gasteiger partial charge is 0.481 e. The summed E-state index contributed by atoms with van der Waals surface area (Å²) in [5.41, 5.74) is 0.459. The van der Waals surface area contributed by atoms with Crippen LogP contribution >= 0.6 is 0 Å². The quantitative estimate of drug-likeness (QED) is 0.637. The fourth-order valence-corrected chi connectivity index (χ4v) is 1.55. The lowest BCUT2D eigenvalue weighted by Gasteiger charge is -2.09. The van der Waals surface area contributed by atoms with Crippen LogP contribution in [0.3, 0.4) is 0 Å². The summed E-state index contributed by atoms with van der Waals surface area (Å²) in [6.45, 7) is -0.206. The Bertz CT molecular complexity index is 562. The van der Waals surface area contributed by atoms with Gasteiger partial charge in [0.2, 0.25) is 6.79 Å². The Hall–Kier alpha value is -2.70. The van der Waals surface area contributed by atoms with E-state index in [0.717, 1.165) is 6.08 Å². The highest BCUT2D eigenvalue weighted by Gasteiger charge is 2.18. The van der Waals surface area contributed by atoms with Crippen LogP contribution in [-0.2, 0) is 14.3 Å². The molecule has 2 rings (SSSR count). The molecule has 0 spiro atoms. The predicted molar refractivity (Wildman–Crippen MR) is 66.7 cm³/mol. The molecule has 0 amide bonds. The fraction of sp³-hybridized carbons (Fsp3) is 0.231. The minimum atomic E-state index is -1.10. The van der Waals surface area contributed by atoms with Crippen molar-refractivity contribution < 1.29 is 33.6 Å². The van der Waals surface area contributed by atoms with Crippen LogP contribution in [0.25, 0.3) is 6.08 Å². The third-order valence-corrected chi connectivity index (χ3v) is 2.48. The van der Waals surface area contributed by atoms with Crippen molar-refractivity contribution in [3.63, 3.8) is 0 Å². The number of aliphatic carboxylic acids is 1. The van der Waals surface area contributed by atoms with Crippen LogP contribution in [0.4, 0.5) is 0 Å². The molecule has 1 aliphatic rings. The summed E-state index contributed by atoms with van der Waals surface area (Å²) >= 11 is 0. The van der Waals surface area contributed by atoms with E-state index in [9.17, 15) is 9.59 Å². The van der Waals surface area contributed by atoms with Crippen LogP contribution in [0.1, 0.15) is 5.56 Å². The van der Waals surface area contributed by atoms with Gasteiger partial charge < -0.3 is 24.1 Å². The molecular weight excluding hydrogens is 268 g/mol. The first-order valence-corrected chi connectivity index (χ1v) is 5.64. The maximum Gasteiger partial charge on any atom is 0.343 e. The fourth-order valence-electron chi connectivity index (χ4n) is 1.55. The molecule has 0 aliphatic carbocycles. The normalized spacial score (nSPS) is 12.4. The first kappa shape index (κ1) is 13.7. The van der Waals surface area contributed by atoms with Crippen LogP contribution in [0.15, 0.2) is 18.2 Å². The van der Waals surface area contributed by atoms with Crippen LogP contribution < -0.4 is 14.2 Å². The van der Waals surface area contributed by atoms with E-state index >= 15 is 0 Å². The molecule has 106 valence electrons. The van der Waals surface area contributed by atoms with Gasteiger partial charge in [-0.25, -0.2) is 9.59 Å². The van der Waals surface area contributed by atoms with E-state index in [1.54, 1.807) is 6.07 Å². The molecule has 1 aromatic carbocycles. The second-order valence-corrected chi connectivity index (χ2v) is 3.78. The summed E-state index contributed by atoms with van der Waals surface area (Å²) in [4.78, 5) is 21.7. The van der Waals surface area contributed by atoms with Crippen molar-refractivity contribution in [2.45, 2.75) is 0 Å². The number of rotatable bonds is 5. The Morgan fingerprint density at radius 1 is 1.35 bits per heavy atom. The molecule has 0 fully saturated rings. The molecule has 7 nitrogen and oxygen atoms in total. The van der Waals surface area contributed by atoms with Gasteiger partial charge in [0, 0.05) is 17.7 Å². The lowest BCUT2D eigenvalue weighted by molar-refractivity contribution is -0.143. The van der Waals surface area contributed by atoms with Gasteiger partial charge in [-0.15, -0.1) is 0 Å². The summed E-state index contributed by atoms with van der Waals surface area (Å²) in [6.07, 6.45) is 2.31. The van der Waals surface area contributed by atoms with E-state index in [2.05, 4.69) is 4.74 Å². The third-order valence-electron chi connectivity index (χ3n) is 2.48. The van der Waals surface area contributed by atoms with Gasteiger partial charge in [0.15, 0.2) is 18.1 Å². The van der Waals surface area contributed by atoms with Gasteiger partial charge in [-0.2, -0.15) is 0 Å². The Morgan fingerprint density at radius 2 is 2.05 bits per heavy atom. The second kappa shape index (κ2) is 5.96. The van der Waals surface area contributed by atoms with E-state index in [-0.39, 0.29) is 13.4 Å². The molecule has 0 unspecified atom stereocenters. The Kier molecular flexibility index (Phi) is 4.09. The number of hydrogen-bond acceptors (Lipinski definition) is 6.